The van der Waals surface area contributed by atoms with Gasteiger partial charge in [-0.2, -0.15) is 0 Å². The second-order valence-electron chi connectivity index (χ2n) is 7.23. The van der Waals surface area contributed by atoms with Crippen LogP contribution in [0.3, 0.4) is 0 Å². The number of halogens is 2. The summed E-state index contributed by atoms with van der Waals surface area (Å²) >= 11 is 3.45. The first-order valence-corrected chi connectivity index (χ1v) is 12.9. The van der Waals surface area contributed by atoms with Crippen LogP contribution >= 0.6 is 15.9 Å². The number of nitrogens with zero attached hydrogens (tertiary/aromatic N) is 1. The molecule has 1 aromatic carbocycles. The molecule has 0 bridgehead atoms. The Morgan fingerprint density at radius 2 is 1.96 bits per heavy atom. The predicted molar refractivity (Wildman–Crippen MR) is 114 cm³/mol. The van der Waals surface area contributed by atoms with Gasteiger partial charge >= 0.3 is 0 Å². The number of rotatable bonds is 8. The zero-order chi connectivity index (χ0) is 19.3. The van der Waals surface area contributed by atoms with Crippen molar-refractivity contribution in [3.63, 3.8) is 0 Å². The van der Waals surface area contributed by atoms with Crippen molar-refractivity contribution >= 4 is 34.9 Å². The molecule has 1 N–H and O–H groups in total. The normalized spacial score (nSPS) is 12.5. The maximum atomic E-state index is 15.0. The minimum absolute atomic E-state index is 0.124. The number of benzene rings is 1. The van der Waals surface area contributed by atoms with Crippen molar-refractivity contribution in [2.24, 2.45) is 0 Å². The van der Waals surface area contributed by atoms with E-state index < -0.39 is 8.07 Å². The zero-order valence-electron chi connectivity index (χ0n) is 15.8. The molecule has 1 aromatic heterocycles. The highest BCUT2D eigenvalue weighted by Gasteiger charge is 2.26. The van der Waals surface area contributed by atoms with Crippen molar-refractivity contribution in [2.45, 2.75) is 38.5 Å². The summed E-state index contributed by atoms with van der Waals surface area (Å²) in [5, 5.41) is 4.19. The lowest BCUT2D eigenvalue weighted by Crippen LogP contribution is -2.41. The van der Waals surface area contributed by atoms with Crippen molar-refractivity contribution in [3.8, 4) is 5.75 Å². The summed E-state index contributed by atoms with van der Waals surface area (Å²) in [6, 6.07) is 7.55. The summed E-state index contributed by atoms with van der Waals surface area (Å²) in [5.74, 6) is 0.609. The molecule has 1 unspecified atom stereocenters. The van der Waals surface area contributed by atoms with Gasteiger partial charge in [-0.15, -0.1) is 6.58 Å². The molecule has 0 amide bonds. The molecule has 0 saturated carbocycles. The van der Waals surface area contributed by atoms with E-state index in [2.05, 4.69) is 52.5 Å². The summed E-state index contributed by atoms with van der Waals surface area (Å²) in [5.41, 5.74) is 1.62. The van der Waals surface area contributed by atoms with E-state index in [4.69, 9.17) is 4.74 Å². The van der Waals surface area contributed by atoms with Crippen molar-refractivity contribution in [1.82, 2.24) is 4.98 Å². The van der Waals surface area contributed by atoms with Crippen molar-refractivity contribution in [3.05, 3.63) is 59.1 Å². The quantitative estimate of drug-likeness (QED) is 0.428. The van der Waals surface area contributed by atoms with Gasteiger partial charge in [0.05, 0.1) is 31.4 Å². The van der Waals surface area contributed by atoms with Crippen molar-refractivity contribution < 1.29 is 9.13 Å². The number of allylic oxidation sites excluding steroid dienone is 1. The summed E-state index contributed by atoms with van der Waals surface area (Å²) in [6.07, 6.45) is 5.15. The first-order chi connectivity index (χ1) is 12.3. The van der Waals surface area contributed by atoms with Gasteiger partial charge in [0, 0.05) is 11.9 Å². The third-order valence-electron chi connectivity index (χ3n) is 4.22. The highest BCUT2D eigenvalue weighted by Crippen LogP contribution is 2.30. The Bertz CT molecular complexity index is 760. The Kier molecular flexibility index (Phi) is 7.00. The van der Waals surface area contributed by atoms with Crippen LogP contribution in [0.5, 0.6) is 5.75 Å². The Morgan fingerprint density at radius 3 is 2.50 bits per heavy atom. The average Bonchev–Trinajstić information content (AvgIpc) is 2.60. The van der Waals surface area contributed by atoms with Crippen LogP contribution < -0.4 is 15.2 Å². The molecule has 0 saturated heterocycles. The van der Waals surface area contributed by atoms with Crippen LogP contribution in [0.25, 0.3) is 0 Å². The molecular formula is C20H26BrFN2OSi. The number of ether oxygens (including phenoxy) is 1. The van der Waals surface area contributed by atoms with E-state index in [1.54, 1.807) is 13.3 Å². The van der Waals surface area contributed by atoms with Crippen LogP contribution in [-0.2, 0) is 0 Å². The van der Waals surface area contributed by atoms with Gasteiger partial charge < -0.3 is 10.1 Å². The molecule has 3 nitrogen and oxygen atoms in total. The van der Waals surface area contributed by atoms with Crippen LogP contribution in [0.2, 0.25) is 19.6 Å². The van der Waals surface area contributed by atoms with Gasteiger partial charge in [-0.3, -0.25) is 4.98 Å². The average molecular weight is 437 g/mol. The van der Waals surface area contributed by atoms with Gasteiger partial charge in [0.2, 0.25) is 0 Å². The monoisotopic (exact) mass is 436 g/mol. The molecule has 0 fully saturated rings. The number of pyridine rings is 1. The smallest absolute Gasteiger partial charge is 0.140 e. The lowest BCUT2D eigenvalue weighted by atomic mass is 10.1. The first kappa shape index (κ1) is 20.6. The Balaban J connectivity index is 2.36. The fourth-order valence-corrected chi connectivity index (χ4v) is 4.70. The maximum Gasteiger partial charge on any atom is 0.140 e. The van der Waals surface area contributed by atoms with Gasteiger partial charge in [0.15, 0.2) is 0 Å². The van der Waals surface area contributed by atoms with Crippen LogP contribution in [0, 0.1) is 5.82 Å². The predicted octanol–water partition coefficient (Wildman–Crippen LogP) is 5.66. The molecule has 2 aromatic rings. The summed E-state index contributed by atoms with van der Waals surface area (Å²) in [6.45, 7) is 10.1. The Morgan fingerprint density at radius 1 is 1.31 bits per heavy atom. The molecule has 1 heterocycles. The molecule has 0 aliphatic heterocycles. The van der Waals surface area contributed by atoms with E-state index in [1.165, 1.54) is 0 Å². The first-order valence-electron chi connectivity index (χ1n) is 8.63. The lowest BCUT2D eigenvalue weighted by molar-refractivity contribution is 0.415. The van der Waals surface area contributed by atoms with E-state index in [9.17, 15) is 4.39 Å². The summed E-state index contributed by atoms with van der Waals surface area (Å²) in [7, 11) is -0.157. The minimum Gasteiger partial charge on any atom is -0.497 e. The Labute approximate surface area is 164 Å². The molecule has 2 rings (SSSR count). The van der Waals surface area contributed by atoms with Gasteiger partial charge in [-0.25, -0.2) is 4.39 Å². The van der Waals surface area contributed by atoms with Gasteiger partial charge in [0.1, 0.15) is 11.6 Å². The SMILES string of the molecule is C=CCCC(Nc1ccc(OC)cc1)c1ncc([Si](C)(C)C)c(F)c1Br. The van der Waals surface area contributed by atoms with E-state index in [-0.39, 0.29) is 11.9 Å². The fraction of sp³-hybridized carbons (Fsp3) is 0.350. The second-order valence-corrected chi connectivity index (χ2v) is 13.1. The largest absolute Gasteiger partial charge is 0.497 e. The summed E-state index contributed by atoms with van der Waals surface area (Å²) < 4.78 is 20.6. The van der Waals surface area contributed by atoms with Gasteiger partial charge in [0.25, 0.3) is 0 Å². The molecule has 1 atom stereocenters. The standard InChI is InChI=1S/C20H26BrFN2OSi/c1-6-7-8-16(24-14-9-11-15(25-2)12-10-14)20-18(21)19(22)17(13-23-20)26(3,4)5/h6,9-13,16,24H,1,7-8H2,2-5H3. The maximum absolute atomic E-state index is 15.0. The van der Waals surface area contributed by atoms with E-state index in [0.29, 0.717) is 10.2 Å². The van der Waals surface area contributed by atoms with Crippen LogP contribution in [-0.4, -0.2) is 20.2 Å². The molecule has 6 heteroatoms. The number of hydrogen-bond acceptors (Lipinski definition) is 3. The molecule has 26 heavy (non-hydrogen) atoms. The number of anilines is 1. The number of aromatic nitrogens is 1. The van der Waals surface area contributed by atoms with Crippen molar-refractivity contribution in [2.75, 3.05) is 12.4 Å². The van der Waals surface area contributed by atoms with Gasteiger partial charge in [-0.05, 0) is 58.2 Å². The molecule has 140 valence electrons. The number of methoxy groups -OCH3 is 1. The molecule has 0 spiro atoms. The van der Waals surface area contributed by atoms with E-state index >= 15 is 0 Å². The fourth-order valence-electron chi connectivity index (χ4n) is 2.69. The minimum atomic E-state index is -1.80. The molecular weight excluding hydrogens is 411 g/mol. The Hall–Kier alpha value is -1.66. The summed E-state index contributed by atoms with van der Waals surface area (Å²) in [4.78, 5) is 4.62. The lowest BCUT2D eigenvalue weighted by Gasteiger charge is -2.23. The van der Waals surface area contributed by atoms with Crippen LogP contribution in [0.15, 0.2) is 47.6 Å². The van der Waals surface area contributed by atoms with Crippen molar-refractivity contribution in [1.29, 1.82) is 0 Å². The van der Waals surface area contributed by atoms with Crippen LogP contribution in [0.4, 0.5) is 10.1 Å². The third kappa shape index (κ3) is 4.95. The molecule has 0 aliphatic carbocycles. The van der Waals surface area contributed by atoms with Gasteiger partial charge in [-0.1, -0.05) is 25.7 Å². The topological polar surface area (TPSA) is 34.1 Å². The number of hydrogen-bond donors (Lipinski definition) is 1. The highest BCUT2D eigenvalue weighted by atomic mass is 79.9. The second kappa shape index (κ2) is 8.82. The van der Waals surface area contributed by atoms with E-state index in [1.807, 2.05) is 30.3 Å². The third-order valence-corrected chi connectivity index (χ3v) is 6.93. The molecule has 0 aliphatic rings. The van der Waals surface area contributed by atoms with Crippen LogP contribution in [0.1, 0.15) is 24.6 Å². The number of nitrogens with one attached hydrogen (secondary N) is 1. The zero-order valence-corrected chi connectivity index (χ0v) is 18.4. The molecule has 0 radical (unpaired) electrons. The highest BCUT2D eigenvalue weighted by molar-refractivity contribution is 9.10. The van der Waals surface area contributed by atoms with E-state index in [0.717, 1.165) is 29.5 Å².